The van der Waals surface area contributed by atoms with E-state index in [4.69, 9.17) is 40.5 Å². The van der Waals surface area contributed by atoms with E-state index in [1.165, 1.54) is 14.2 Å². The molecule has 0 bridgehead atoms. The van der Waals surface area contributed by atoms with Crippen molar-refractivity contribution in [3.8, 4) is 33.6 Å². The Morgan fingerprint density at radius 2 is 1.15 bits per heavy atom. The Morgan fingerprint density at radius 1 is 0.672 bits per heavy atom. The number of rotatable bonds is 11. The minimum absolute atomic E-state index is 0.0433. The van der Waals surface area contributed by atoms with Gasteiger partial charge in [-0.3, -0.25) is 9.59 Å². The maximum atomic E-state index is 14.2. The summed E-state index contributed by atoms with van der Waals surface area (Å²) >= 11 is 6.85. The smallest absolute Gasteiger partial charge is 0.407 e. The Kier molecular flexibility index (Phi) is 13.8. The van der Waals surface area contributed by atoms with Crippen LogP contribution in [0.1, 0.15) is 76.1 Å². The van der Waals surface area contributed by atoms with Gasteiger partial charge in [-0.05, 0) is 102 Å². The van der Waals surface area contributed by atoms with Crippen LogP contribution in [0.5, 0.6) is 0 Å². The van der Waals surface area contributed by atoms with Gasteiger partial charge >= 0.3 is 12.2 Å². The van der Waals surface area contributed by atoms with Crippen molar-refractivity contribution in [3.63, 3.8) is 0 Å². The van der Waals surface area contributed by atoms with E-state index in [9.17, 15) is 19.2 Å². The quantitative estimate of drug-likeness (QED) is 0.101. The molecule has 4 N–H and O–H groups in total. The van der Waals surface area contributed by atoms with Gasteiger partial charge < -0.3 is 49.3 Å². The number of ether oxygens (including phenoxy) is 4. The van der Waals surface area contributed by atoms with Gasteiger partial charge in [-0.2, -0.15) is 0 Å². The highest BCUT2D eigenvalue weighted by Gasteiger charge is 2.44. The van der Waals surface area contributed by atoms with Gasteiger partial charge in [-0.25, -0.2) is 19.6 Å². The molecule has 0 spiro atoms. The Labute approximate surface area is 394 Å². The number of fused-ring (bicyclic) bond motifs is 1. The minimum atomic E-state index is -0.735. The van der Waals surface area contributed by atoms with Crippen molar-refractivity contribution in [1.29, 1.82) is 0 Å². The SMILES string of the molecule is COC(=O)NC(C(=O)N1C[C@@H](C)C[C@H]1c1ncc(-c2ccc(-c3ccc4cc(-c5[nH]c([C@@H]6C[C@H](C)CN6C(=O)[C@@H](NC(=O)OC)C6CCOCC6)nc5Cl)ccc4c3)cc2)[nH]1)C1CCOCC1. The van der Waals surface area contributed by atoms with Crippen molar-refractivity contribution in [2.75, 3.05) is 53.7 Å². The van der Waals surface area contributed by atoms with Crippen LogP contribution < -0.4 is 10.6 Å². The van der Waals surface area contributed by atoms with Crippen molar-refractivity contribution in [2.45, 2.75) is 76.5 Å². The molecule has 4 saturated heterocycles. The fraction of sp³-hybridized carbons (Fsp3) is 0.480. The fourth-order valence-electron chi connectivity index (χ4n) is 10.5. The van der Waals surface area contributed by atoms with E-state index >= 15 is 0 Å². The van der Waals surface area contributed by atoms with Gasteiger partial charge in [0.15, 0.2) is 5.15 Å². The van der Waals surface area contributed by atoms with Gasteiger partial charge in [0.25, 0.3) is 0 Å². The third kappa shape index (κ3) is 9.88. The topological polar surface area (TPSA) is 193 Å². The molecule has 4 aliphatic heterocycles. The number of imidazole rings is 2. The summed E-state index contributed by atoms with van der Waals surface area (Å²) in [5.41, 5.74) is 5.49. The Balaban J connectivity index is 0.888. The van der Waals surface area contributed by atoms with Gasteiger partial charge in [0.2, 0.25) is 11.8 Å². The molecule has 0 saturated carbocycles. The zero-order valence-electron chi connectivity index (χ0n) is 38.4. The highest BCUT2D eigenvalue weighted by Crippen LogP contribution is 2.40. The molecule has 0 radical (unpaired) electrons. The summed E-state index contributed by atoms with van der Waals surface area (Å²) in [7, 11) is 2.61. The summed E-state index contributed by atoms with van der Waals surface area (Å²) < 4.78 is 20.9. The lowest BCUT2D eigenvalue weighted by molar-refractivity contribution is -0.137. The maximum Gasteiger partial charge on any atom is 0.407 e. The first-order valence-electron chi connectivity index (χ1n) is 23.4. The lowest BCUT2D eigenvalue weighted by atomic mass is 9.90. The van der Waals surface area contributed by atoms with Crippen molar-refractivity contribution in [2.24, 2.45) is 23.7 Å². The molecule has 67 heavy (non-hydrogen) atoms. The van der Waals surface area contributed by atoms with Crippen LogP contribution in [-0.4, -0.2) is 120 Å². The first-order chi connectivity index (χ1) is 32.5. The van der Waals surface area contributed by atoms with Gasteiger partial charge in [-0.1, -0.05) is 74.0 Å². The summed E-state index contributed by atoms with van der Waals surface area (Å²) in [4.78, 5) is 73.3. The van der Waals surface area contributed by atoms with Gasteiger partial charge in [0, 0.05) is 45.1 Å². The number of hydrogen-bond donors (Lipinski definition) is 4. The lowest BCUT2D eigenvalue weighted by Crippen LogP contribution is -2.53. The molecule has 6 heterocycles. The molecule has 4 fully saturated rings. The number of halogens is 1. The predicted molar refractivity (Wildman–Crippen MR) is 252 cm³/mol. The molecule has 4 aliphatic rings. The zero-order valence-corrected chi connectivity index (χ0v) is 39.1. The standard InChI is InChI=1S/C50H59ClN8O8/c1-28-21-39(58(26-28)47(60)42(55-49(62)64-3)32-13-17-66-18-14-32)45-52-25-38(53-45)31-7-5-30(6-8-31)34-9-10-36-24-37(12-11-35(36)23-34)41-44(51)57-46(54-41)40-22-29(2)27-59(40)48(61)43(56-50(63)65-4)33-15-19-67-20-16-33/h5-12,23-25,28-29,32-33,39-40,42-43H,13-22,26-27H2,1-4H3,(H,52,53)(H,54,57)(H,55,62)(H,56,63)/t28-,29-,39-,40-,42?,43-/m0/s1. The van der Waals surface area contributed by atoms with E-state index in [0.29, 0.717) is 88.3 Å². The van der Waals surface area contributed by atoms with Gasteiger partial charge in [0.05, 0.1) is 43.9 Å². The van der Waals surface area contributed by atoms with Gasteiger partial charge in [-0.15, -0.1) is 0 Å². The largest absolute Gasteiger partial charge is 0.453 e. The highest BCUT2D eigenvalue weighted by atomic mass is 35.5. The molecule has 16 nitrogen and oxygen atoms in total. The van der Waals surface area contributed by atoms with Crippen LogP contribution in [0.15, 0.2) is 66.9 Å². The third-order valence-corrected chi connectivity index (χ3v) is 14.3. The molecule has 3 aromatic carbocycles. The van der Waals surface area contributed by atoms with E-state index in [0.717, 1.165) is 51.0 Å². The van der Waals surface area contributed by atoms with Gasteiger partial charge in [0.1, 0.15) is 23.7 Å². The number of hydrogen-bond acceptors (Lipinski definition) is 10. The van der Waals surface area contributed by atoms with Crippen LogP contribution in [0, 0.1) is 23.7 Å². The number of methoxy groups -OCH3 is 2. The lowest BCUT2D eigenvalue weighted by Gasteiger charge is -2.34. The van der Waals surface area contributed by atoms with E-state index < -0.39 is 24.3 Å². The predicted octanol–water partition coefficient (Wildman–Crippen LogP) is 8.06. The summed E-state index contributed by atoms with van der Waals surface area (Å²) in [6.07, 6.45) is 4.73. The van der Waals surface area contributed by atoms with Crippen molar-refractivity contribution in [1.82, 2.24) is 40.4 Å². The summed E-state index contributed by atoms with van der Waals surface area (Å²) in [5, 5.41) is 8.07. The number of benzene rings is 3. The number of likely N-dealkylation sites (tertiary alicyclic amines) is 2. The van der Waals surface area contributed by atoms with Crippen molar-refractivity contribution < 1.29 is 38.1 Å². The van der Waals surface area contributed by atoms with Crippen LogP contribution >= 0.6 is 11.6 Å². The number of aromatic nitrogens is 4. The molecule has 2 aromatic heterocycles. The number of amides is 4. The van der Waals surface area contributed by atoms with Crippen molar-refractivity contribution in [3.05, 3.63) is 83.7 Å². The van der Waals surface area contributed by atoms with E-state index in [-0.39, 0.29) is 47.6 Å². The highest BCUT2D eigenvalue weighted by molar-refractivity contribution is 6.32. The summed E-state index contributed by atoms with van der Waals surface area (Å²) in [6.45, 7) is 7.52. The van der Waals surface area contributed by atoms with Crippen LogP contribution in [0.3, 0.4) is 0 Å². The summed E-state index contributed by atoms with van der Waals surface area (Å²) in [5.74, 6) is 1.42. The minimum Gasteiger partial charge on any atom is -0.453 e. The maximum absolute atomic E-state index is 14.2. The average Bonchev–Trinajstić information content (AvgIpc) is 4.18. The van der Waals surface area contributed by atoms with E-state index in [2.05, 4.69) is 89.0 Å². The fourth-order valence-corrected chi connectivity index (χ4v) is 10.7. The number of nitrogens with zero attached hydrogens (tertiary/aromatic N) is 4. The van der Waals surface area contributed by atoms with Crippen LogP contribution in [0.4, 0.5) is 9.59 Å². The number of carbonyl (C=O) groups excluding carboxylic acids is 4. The second-order valence-corrected chi connectivity index (χ2v) is 19.0. The average molecular weight is 936 g/mol. The number of H-pyrrole nitrogens is 2. The normalized spacial score (nSPS) is 22.4. The molecule has 354 valence electrons. The van der Waals surface area contributed by atoms with E-state index in [1.807, 2.05) is 22.1 Å². The Hall–Kier alpha value is -5.97. The number of nitrogens with one attached hydrogen (secondary N) is 4. The molecular formula is C50H59ClN8O8. The molecule has 6 atom stereocenters. The molecule has 17 heteroatoms. The first kappa shape index (κ1) is 46.2. The van der Waals surface area contributed by atoms with E-state index in [1.54, 1.807) is 0 Å². The molecule has 1 unspecified atom stereocenters. The monoisotopic (exact) mass is 934 g/mol. The number of carbonyl (C=O) groups is 4. The zero-order chi connectivity index (χ0) is 46.8. The third-order valence-electron chi connectivity index (χ3n) is 14.1. The molecule has 9 rings (SSSR count). The molecule has 0 aliphatic carbocycles. The van der Waals surface area contributed by atoms with Crippen molar-refractivity contribution >= 4 is 46.4 Å². The molecule has 5 aromatic rings. The Morgan fingerprint density at radius 3 is 1.69 bits per heavy atom. The van der Waals surface area contributed by atoms with Crippen LogP contribution in [-0.2, 0) is 28.5 Å². The Bertz CT molecular complexity index is 2590. The van der Waals surface area contributed by atoms with Crippen LogP contribution in [0.2, 0.25) is 5.15 Å². The second-order valence-electron chi connectivity index (χ2n) is 18.6. The number of aromatic amines is 2. The van der Waals surface area contributed by atoms with Crippen LogP contribution in [0.25, 0.3) is 44.4 Å². The first-order valence-corrected chi connectivity index (χ1v) is 23.8. The molecular weight excluding hydrogens is 876 g/mol. The number of alkyl carbamates (subject to hydrolysis) is 2. The summed E-state index contributed by atoms with van der Waals surface area (Å²) in [6, 6.07) is 18.9. The molecule has 4 amide bonds. The second kappa shape index (κ2) is 20.1.